The Kier molecular flexibility index (Phi) is 3.26. The molecule has 0 aromatic heterocycles. The molecule has 0 heterocycles. The lowest BCUT2D eigenvalue weighted by atomic mass is 9.76. The first-order valence-corrected chi connectivity index (χ1v) is 5.94. The molecule has 1 aliphatic carbocycles. The van der Waals surface area contributed by atoms with Crippen LogP contribution in [-0.4, -0.2) is 0 Å². The number of nitriles is 2. The molecule has 2 nitrogen and oxygen atoms in total. The summed E-state index contributed by atoms with van der Waals surface area (Å²) < 4.78 is 0. The van der Waals surface area contributed by atoms with Crippen molar-refractivity contribution in [2.75, 3.05) is 0 Å². The molecular weight excluding hydrogens is 208 g/mol. The van der Waals surface area contributed by atoms with Crippen LogP contribution in [0.2, 0.25) is 0 Å². The van der Waals surface area contributed by atoms with E-state index in [4.69, 9.17) is 10.5 Å². The number of nitrogens with zero attached hydrogens (tertiary/aromatic N) is 2. The van der Waals surface area contributed by atoms with Crippen LogP contribution in [0, 0.1) is 28.6 Å². The fourth-order valence-electron chi connectivity index (χ4n) is 2.59. The van der Waals surface area contributed by atoms with Gasteiger partial charge in [0.2, 0.25) is 0 Å². The van der Waals surface area contributed by atoms with Crippen LogP contribution in [0.5, 0.6) is 0 Å². The molecule has 17 heavy (non-hydrogen) atoms. The maximum Gasteiger partial charge on any atom is 0.133 e. The Balaban J connectivity index is 2.66. The van der Waals surface area contributed by atoms with Gasteiger partial charge in [-0.1, -0.05) is 31.2 Å². The molecule has 0 N–H and O–H groups in total. The van der Waals surface area contributed by atoms with Crippen molar-refractivity contribution >= 4 is 5.57 Å². The molecule has 1 atom stereocenters. The normalized spacial score (nSPS) is 17.8. The second-order valence-electron chi connectivity index (χ2n) is 4.31. The molecule has 0 fully saturated rings. The number of aryl methyl sites for hydroxylation is 1. The summed E-state index contributed by atoms with van der Waals surface area (Å²) in [5.41, 5.74) is 3.60. The Labute approximate surface area is 102 Å². The van der Waals surface area contributed by atoms with Crippen molar-refractivity contribution in [3.8, 4) is 12.1 Å². The first kappa shape index (κ1) is 11.4. The Bertz CT molecular complexity index is 525. The van der Waals surface area contributed by atoms with Crippen LogP contribution >= 0.6 is 0 Å². The van der Waals surface area contributed by atoms with Crippen molar-refractivity contribution in [2.45, 2.75) is 26.2 Å². The lowest BCUT2D eigenvalue weighted by Crippen LogP contribution is -2.14. The minimum absolute atomic E-state index is 0.281. The molecule has 84 valence electrons. The zero-order chi connectivity index (χ0) is 12.3. The lowest BCUT2D eigenvalue weighted by molar-refractivity contribution is 0.571. The quantitative estimate of drug-likeness (QED) is 0.683. The van der Waals surface area contributed by atoms with Crippen molar-refractivity contribution in [2.24, 2.45) is 5.92 Å². The molecule has 0 saturated heterocycles. The summed E-state index contributed by atoms with van der Waals surface area (Å²) in [5, 5.41) is 18.2. The van der Waals surface area contributed by atoms with Crippen LogP contribution in [0.25, 0.3) is 5.57 Å². The van der Waals surface area contributed by atoms with Gasteiger partial charge in [-0.25, -0.2) is 0 Å². The van der Waals surface area contributed by atoms with Gasteiger partial charge in [-0.3, -0.25) is 0 Å². The summed E-state index contributed by atoms with van der Waals surface area (Å²) in [5.74, 6) is 0.346. The van der Waals surface area contributed by atoms with Gasteiger partial charge in [0.15, 0.2) is 0 Å². The number of benzene rings is 1. The molecule has 0 spiro atoms. The van der Waals surface area contributed by atoms with Gasteiger partial charge in [-0.15, -0.1) is 0 Å². The number of hydrogen-bond donors (Lipinski definition) is 0. The number of rotatable bonds is 1. The van der Waals surface area contributed by atoms with Crippen LogP contribution in [-0.2, 0) is 6.42 Å². The van der Waals surface area contributed by atoms with Crippen LogP contribution in [0.4, 0.5) is 0 Å². The van der Waals surface area contributed by atoms with E-state index in [2.05, 4.69) is 13.0 Å². The maximum absolute atomic E-state index is 9.09. The zero-order valence-electron chi connectivity index (χ0n) is 9.90. The zero-order valence-corrected chi connectivity index (χ0v) is 9.90. The van der Waals surface area contributed by atoms with Gasteiger partial charge in [-0.05, 0) is 41.9 Å². The highest BCUT2D eigenvalue weighted by atomic mass is 14.3. The number of allylic oxidation sites excluding steroid dienone is 2. The van der Waals surface area contributed by atoms with Crippen LogP contribution in [0.3, 0.4) is 0 Å². The van der Waals surface area contributed by atoms with Crippen molar-refractivity contribution in [1.29, 1.82) is 10.5 Å². The van der Waals surface area contributed by atoms with E-state index in [9.17, 15) is 0 Å². The predicted octanol–water partition coefficient (Wildman–Crippen LogP) is 3.46. The van der Waals surface area contributed by atoms with Crippen molar-refractivity contribution in [3.05, 3.63) is 41.0 Å². The second-order valence-corrected chi connectivity index (χ2v) is 4.31. The van der Waals surface area contributed by atoms with Crippen molar-refractivity contribution < 1.29 is 0 Å². The highest BCUT2D eigenvalue weighted by molar-refractivity contribution is 5.79. The standard InChI is InChI=1S/C15H14N2/c1-2-11-7-8-12-5-3-4-6-14(12)15(11)13(9-16)10-17/h3-6,11H,2,7-8H2,1H3. The molecule has 2 rings (SSSR count). The first-order chi connectivity index (χ1) is 8.31. The average Bonchev–Trinajstić information content (AvgIpc) is 2.40. The summed E-state index contributed by atoms with van der Waals surface area (Å²) >= 11 is 0. The SMILES string of the molecule is CCC1CCc2ccccc2C1=C(C#N)C#N. The van der Waals surface area contributed by atoms with Gasteiger partial charge in [-0.2, -0.15) is 10.5 Å². The van der Waals surface area contributed by atoms with Crippen LogP contribution in [0.15, 0.2) is 29.8 Å². The molecule has 0 bridgehead atoms. The van der Waals surface area contributed by atoms with E-state index < -0.39 is 0 Å². The van der Waals surface area contributed by atoms with Crippen LogP contribution < -0.4 is 0 Å². The Morgan fingerprint density at radius 1 is 1.29 bits per heavy atom. The molecule has 0 saturated carbocycles. The highest BCUT2D eigenvalue weighted by Crippen LogP contribution is 2.38. The molecule has 1 aliphatic rings. The number of hydrogen-bond acceptors (Lipinski definition) is 2. The van der Waals surface area contributed by atoms with Gasteiger partial charge in [0, 0.05) is 0 Å². The third-order valence-electron chi connectivity index (χ3n) is 3.46. The molecule has 2 heteroatoms. The molecule has 1 aromatic rings. The smallest absolute Gasteiger partial charge is 0.133 e. The third-order valence-corrected chi connectivity index (χ3v) is 3.46. The van der Waals surface area contributed by atoms with Crippen molar-refractivity contribution in [3.63, 3.8) is 0 Å². The van der Waals surface area contributed by atoms with Crippen molar-refractivity contribution in [1.82, 2.24) is 0 Å². The summed E-state index contributed by atoms with van der Waals surface area (Å²) in [7, 11) is 0. The summed E-state index contributed by atoms with van der Waals surface area (Å²) in [6.07, 6.45) is 3.06. The van der Waals surface area contributed by atoms with E-state index in [-0.39, 0.29) is 5.57 Å². The Morgan fingerprint density at radius 2 is 2.00 bits per heavy atom. The van der Waals surface area contributed by atoms with E-state index >= 15 is 0 Å². The third kappa shape index (κ3) is 1.95. The Hall–Kier alpha value is -2.06. The highest BCUT2D eigenvalue weighted by Gasteiger charge is 2.25. The molecular formula is C15H14N2. The molecule has 0 aliphatic heterocycles. The summed E-state index contributed by atoms with van der Waals surface area (Å²) in [4.78, 5) is 0. The van der Waals surface area contributed by atoms with Gasteiger partial charge < -0.3 is 0 Å². The topological polar surface area (TPSA) is 47.6 Å². The fourth-order valence-corrected chi connectivity index (χ4v) is 2.59. The van der Waals surface area contributed by atoms with E-state index in [1.165, 1.54) is 5.56 Å². The minimum atomic E-state index is 0.281. The molecule has 0 amide bonds. The van der Waals surface area contributed by atoms with E-state index in [1.54, 1.807) is 0 Å². The van der Waals surface area contributed by atoms with Crippen LogP contribution in [0.1, 0.15) is 30.9 Å². The average molecular weight is 222 g/mol. The number of fused-ring (bicyclic) bond motifs is 1. The summed E-state index contributed by atoms with van der Waals surface area (Å²) in [6.45, 7) is 2.12. The van der Waals surface area contributed by atoms with Gasteiger partial charge in [0.25, 0.3) is 0 Å². The Morgan fingerprint density at radius 3 is 2.65 bits per heavy atom. The largest absolute Gasteiger partial charge is 0.192 e. The first-order valence-electron chi connectivity index (χ1n) is 5.94. The monoisotopic (exact) mass is 222 g/mol. The predicted molar refractivity (Wildman–Crippen MR) is 66.7 cm³/mol. The maximum atomic E-state index is 9.09. The van der Waals surface area contributed by atoms with Gasteiger partial charge in [0.1, 0.15) is 17.7 Å². The van der Waals surface area contributed by atoms with E-state index in [1.807, 2.05) is 30.3 Å². The van der Waals surface area contributed by atoms with E-state index in [0.29, 0.717) is 5.92 Å². The minimum Gasteiger partial charge on any atom is -0.192 e. The second kappa shape index (κ2) is 4.85. The fraction of sp³-hybridized carbons (Fsp3) is 0.333. The lowest BCUT2D eigenvalue weighted by Gasteiger charge is -2.27. The van der Waals surface area contributed by atoms with Gasteiger partial charge in [0.05, 0.1) is 0 Å². The van der Waals surface area contributed by atoms with E-state index in [0.717, 1.165) is 30.4 Å². The molecule has 1 aromatic carbocycles. The molecule has 0 radical (unpaired) electrons. The molecule has 1 unspecified atom stereocenters. The summed E-state index contributed by atoms with van der Waals surface area (Å²) in [6, 6.07) is 12.2. The van der Waals surface area contributed by atoms with Gasteiger partial charge >= 0.3 is 0 Å².